The summed E-state index contributed by atoms with van der Waals surface area (Å²) >= 11 is 0. The van der Waals surface area contributed by atoms with Crippen LogP contribution in [0.3, 0.4) is 0 Å². The number of methoxy groups -OCH3 is 1. The zero-order valence-electron chi connectivity index (χ0n) is 10.1. The molecule has 0 unspecified atom stereocenters. The van der Waals surface area contributed by atoms with Gasteiger partial charge in [0.25, 0.3) is 5.78 Å². The maximum Gasteiger partial charge on any atom is 0.416 e. The van der Waals surface area contributed by atoms with E-state index < -0.39 is 23.5 Å². The highest BCUT2D eigenvalue weighted by Gasteiger charge is 2.31. The van der Waals surface area contributed by atoms with Gasteiger partial charge in [-0.2, -0.15) is 13.2 Å². The predicted molar refractivity (Wildman–Crippen MR) is 66.9 cm³/mol. The van der Waals surface area contributed by atoms with E-state index in [2.05, 4.69) is 9.72 Å². The van der Waals surface area contributed by atoms with E-state index in [1.165, 1.54) is 6.20 Å². The summed E-state index contributed by atoms with van der Waals surface area (Å²) in [6, 6.07) is 2.87. The Bertz CT molecular complexity index is 664. The van der Waals surface area contributed by atoms with E-state index in [0.29, 0.717) is 0 Å². The number of nitrogens with one attached hydrogen (secondary N) is 1. The summed E-state index contributed by atoms with van der Waals surface area (Å²) in [5.74, 6) is -1.98. The van der Waals surface area contributed by atoms with E-state index in [1.807, 2.05) is 0 Å². The molecule has 0 aliphatic rings. The number of hydrogen-bond donors (Lipinski definition) is 1. The monoisotopic (exact) mass is 307 g/mol. The Morgan fingerprint density at radius 3 is 2.45 bits per heavy atom. The number of ether oxygens (including phenoxy) is 1. The molecule has 0 aliphatic carbocycles. The molecule has 1 N–H and O–H groups in total. The van der Waals surface area contributed by atoms with Crippen molar-refractivity contribution >= 4 is 35.1 Å². The molecule has 8 heteroatoms. The average Bonchev–Trinajstić information content (AvgIpc) is 2.78. The van der Waals surface area contributed by atoms with E-state index in [9.17, 15) is 22.8 Å². The summed E-state index contributed by atoms with van der Waals surface area (Å²) in [6.45, 7) is 0. The lowest BCUT2D eigenvalue weighted by atomic mass is 10.1. The molecule has 108 valence electrons. The summed E-state index contributed by atoms with van der Waals surface area (Å²) in [7, 11) is 1.05. The zero-order valence-corrected chi connectivity index (χ0v) is 10.9. The van der Waals surface area contributed by atoms with Gasteiger partial charge in [-0.3, -0.25) is 4.79 Å². The molecule has 0 amide bonds. The Hall–Kier alpha value is -2.02. The first-order valence-electron chi connectivity index (χ1n) is 5.15. The topological polar surface area (TPSA) is 59.2 Å². The minimum absolute atomic E-state index is 0. The van der Waals surface area contributed by atoms with Crippen LogP contribution < -0.4 is 0 Å². The minimum atomic E-state index is -4.47. The number of alkyl halides is 3. The highest BCUT2D eigenvalue weighted by Crippen LogP contribution is 2.32. The third-order valence-corrected chi connectivity index (χ3v) is 2.62. The molecule has 0 aliphatic heterocycles. The number of rotatable bonds is 2. The number of esters is 1. The van der Waals surface area contributed by atoms with Crippen LogP contribution in [0.1, 0.15) is 15.9 Å². The first-order chi connectivity index (χ1) is 8.84. The molecule has 0 saturated carbocycles. The van der Waals surface area contributed by atoms with Crippen LogP contribution in [0.4, 0.5) is 13.2 Å². The Balaban J connectivity index is 0.00000200. The van der Waals surface area contributed by atoms with Gasteiger partial charge in [-0.1, -0.05) is 6.07 Å². The van der Waals surface area contributed by atoms with Gasteiger partial charge in [-0.25, -0.2) is 4.79 Å². The van der Waals surface area contributed by atoms with Crippen LogP contribution in [-0.4, -0.2) is 23.8 Å². The SMILES string of the molecule is COC(=O)C(=O)c1c[nH]c2cc(C(F)(F)F)ccc12.Cl. The fourth-order valence-corrected chi connectivity index (χ4v) is 1.69. The first kappa shape index (κ1) is 16.0. The van der Waals surface area contributed by atoms with Gasteiger partial charge in [0, 0.05) is 17.1 Å². The number of aromatic nitrogens is 1. The summed E-state index contributed by atoms with van der Waals surface area (Å²) in [5.41, 5.74) is -0.725. The fraction of sp³-hybridized carbons (Fsp3) is 0.167. The van der Waals surface area contributed by atoms with E-state index in [0.717, 1.165) is 25.3 Å². The van der Waals surface area contributed by atoms with Gasteiger partial charge >= 0.3 is 12.1 Å². The van der Waals surface area contributed by atoms with Crippen molar-refractivity contribution in [1.29, 1.82) is 0 Å². The molecule has 20 heavy (non-hydrogen) atoms. The second-order valence-corrected chi connectivity index (χ2v) is 3.78. The molecular weight excluding hydrogens is 299 g/mol. The lowest BCUT2D eigenvalue weighted by Crippen LogP contribution is -2.15. The van der Waals surface area contributed by atoms with E-state index >= 15 is 0 Å². The number of aromatic amines is 1. The molecule has 0 spiro atoms. The molecule has 1 heterocycles. The standard InChI is InChI=1S/C12H8F3NO3.ClH/c1-19-11(18)10(17)8-5-16-9-4-6(12(13,14)15)2-3-7(8)9;/h2-5,16H,1H3;1H. The highest BCUT2D eigenvalue weighted by molar-refractivity contribution is 6.42. The van der Waals surface area contributed by atoms with Gasteiger partial charge in [0.2, 0.25) is 0 Å². The van der Waals surface area contributed by atoms with Gasteiger partial charge < -0.3 is 9.72 Å². The summed E-state index contributed by atoms with van der Waals surface area (Å²) in [6.07, 6.45) is -3.28. The van der Waals surface area contributed by atoms with Gasteiger partial charge in [0.1, 0.15) is 0 Å². The number of ketones is 1. The molecule has 1 aromatic carbocycles. The van der Waals surface area contributed by atoms with Crippen molar-refractivity contribution in [3.8, 4) is 0 Å². The summed E-state index contributed by atoms with van der Waals surface area (Å²) in [5, 5.41) is 0.239. The van der Waals surface area contributed by atoms with Crippen molar-refractivity contribution in [2.45, 2.75) is 6.18 Å². The molecule has 0 bridgehead atoms. The van der Waals surface area contributed by atoms with Crippen molar-refractivity contribution in [2.24, 2.45) is 0 Å². The van der Waals surface area contributed by atoms with Crippen LogP contribution in [-0.2, 0) is 15.7 Å². The molecule has 1 aromatic heterocycles. The Morgan fingerprint density at radius 2 is 1.90 bits per heavy atom. The van der Waals surface area contributed by atoms with Gasteiger partial charge in [0.05, 0.1) is 18.2 Å². The number of carbonyl (C=O) groups excluding carboxylic acids is 2. The number of hydrogen-bond acceptors (Lipinski definition) is 3. The minimum Gasteiger partial charge on any atom is -0.463 e. The number of Topliss-reactive ketones (excluding diaryl/α,β-unsaturated/α-hetero) is 1. The van der Waals surface area contributed by atoms with E-state index in [1.54, 1.807) is 0 Å². The molecule has 0 saturated heterocycles. The average molecular weight is 308 g/mol. The van der Waals surface area contributed by atoms with Gasteiger partial charge in [-0.05, 0) is 12.1 Å². The number of fused-ring (bicyclic) bond motifs is 1. The molecule has 0 atom stereocenters. The van der Waals surface area contributed by atoms with Crippen LogP contribution in [0, 0.1) is 0 Å². The van der Waals surface area contributed by atoms with Crippen molar-refractivity contribution in [2.75, 3.05) is 7.11 Å². The maximum absolute atomic E-state index is 12.5. The number of halogens is 4. The third kappa shape index (κ3) is 2.77. The van der Waals surface area contributed by atoms with Gasteiger partial charge in [0.15, 0.2) is 0 Å². The van der Waals surface area contributed by atoms with E-state index in [4.69, 9.17) is 0 Å². The number of carbonyl (C=O) groups is 2. The smallest absolute Gasteiger partial charge is 0.416 e. The van der Waals surface area contributed by atoms with Crippen LogP contribution in [0.25, 0.3) is 10.9 Å². The van der Waals surface area contributed by atoms with Crippen molar-refractivity contribution in [3.05, 3.63) is 35.5 Å². The Labute approximate surface area is 117 Å². The normalized spacial score (nSPS) is 11.0. The molecule has 0 radical (unpaired) electrons. The molecule has 2 rings (SSSR count). The van der Waals surface area contributed by atoms with Gasteiger partial charge in [-0.15, -0.1) is 12.4 Å². The predicted octanol–water partition coefficient (Wildman–Crippen LogP) is 2.96. The van der Waals surface area contributed by atoms with E-state index in [-0.39, 0.29) is 28.9 Å². The summed E-state index contributed by atoms with van der Waals surface area (Å²) < 4.78 is 41.8. The Kier molecular flexibility index (Phi) is 4.44. The van der Waals surface area contributed by atoms with Crippen molar-refractivity contribution in [3.63, 3.8) is 0 Å². The van der Waals surface area contributed by atoms with Crippen LogP contribution in [0.5, 0.6) is 0 Å². The largest absolute Gasteiger partial charge is 0.463 e. The van der Waals surface area contributed by atoms with Crippen LogP contribution in [0.15, 0.2) is 24.4 Å². The van der Waals surface area contributed by atoms with Crippen LogP contribution >= 0.6 is 12.4 Å². The molecule has 4 nitrogen and oxygen atoms in total. The fourth-order valence-electron chi connectivity index (χ4n) is 1.69. The molecule has 2 aromatic rings. The molecule has 0 fully saturated rings. The number of benzene rings is 1. The highest BCUT2D eigenvalue weighted by atomic mass is 35.5. The lowest BCUT2D eigenvalue weighted by molar-refractivity contribution is -0.137. The quantitative estimate of drug-likeness (QED) is 0.527. The first-order valence-corrected chi connectivity index (χ1v) is 5.15. The summed E-state index contributed by atoms with van der Waals surface area (Å²) in [4.78, 5) is 25.3. The second kappa shape index (κ2) is 5.54. The third-order valence-electron chi connectivity index (χ3n) is 2.62. The van der Waals surface area contributed by atoms with Crippen molar-refractivity contribution in [1.82, 2.24) is 4.98 Å². The van der Waals surface area contributed by atoms with Crippen LogP contribution in [0.2, 0.25) is 0 Å². The Morgan fingerprint density at radius 1 is 1.25 bits per heavy atom. The second-order valence-electron chi connectivity index (χ2n) is 3.78. The molecular formula is C12H9ClF3NO3. The maximum atomic E-state index is 12.5. The van der Waals surface area contributed by atoms with Crippen molar-refractivity contribution < 1.29 is 27.5 Å². The lowest BCUT2D eigenvalue weighted by Gasteiger charge is -2.06. The zero-order chi connectivity index (χ0) is 14.2. The number of H-pyrrole nitrogens is 1.